The van der Waals surface area contributed by atoms with Crippen molar-refractivity contribution in [3.05, 3.63) is 42.1 Å². The number of anilines is 1. The van der Waals surface area contributed by atoms with Gasteiger partial charge in [-0.05, 0) is 0 Å². The van der Waals surface area contributed by atoms with Gasteiger partial charge in [-0.1, -0.05) is 0 Å². The van der Waals surface area contributed by atoms with Crippen molar-refractivity contribution >= 4 is 41.1 Å². The molecular weight excluding hydrogens is 357 g/mol. The van der Waals surface area contributed by atoms with Gasteiger partial charge in [0.25, 0.3) is 0 Å². The molecule has 0 saturated heterocycles. The summed E-state index contributed by atoms with van der Waals surface area (Å²) in [5, 5.41) is 3.94. The number of nitrogens with zero attached hydrogens (tertiary/aromatic N) is 3. The van der Waals surface area contributed by atoms with E-state index in [9.17, 15) is 4.79 Å². The Morgan fingerprint density at radius 1 is 1.30 bits per heavy atom. The number of nitrogen functional groups attached to an aromatic ring is 1. The number of primary amides is 1. The molecular formula is C15H16AsN5O2. The fourth-order valence-electron chi connectivity index (χ4n) is 2.26. The summed E-state index contributed by atoms with van der Waals surface area (Å²) in [6.45, 7) is 0. The molecule has 2 aromatic rings. The summed E-state index contributed by atoms with van der Waals surface area (Å²) >= 11 is -1.48. The summed E-state index contributed by atoms with van der Waals surface area (Å²) < 4.78 is 2.25. The summed E-state index contributed by atoms with van der Waals surface area (Å²) in [6.07, 6.45) is 1.43. The van der Waals surface area contributed by atoms with Gasteiger partial charge in [-0.3, -0.25) is 0 Å². The summed E-state index contributed by atoms with van der Waals surface area (Å²) in [5.74, 6) is -0.196. The van der Waals surface area contributed by atoms with Crippen LogP contribution in [0.1, 0.15) is 12.0 Å². The second-order valence-electron chi connectivity index (χ2n) is 5.12. The van der Waals surface area contributed by atoms with Crippen LogP contribution in [0.5, 0.6) is 0 Å². The average molecular weight is 373 g/mol. The van der Waals surface area contributed by atoms with Crippen LogP contribution in [0.4, 0.5) is 5.95 Å². The molecule has 23 heavy (non-hydrogen) atoms. The van der Waals surface area contributed by atoms with Crippen molar-refractivity contribution in [2.75, 3.05) is 5.73 Å². The molecule has 0 saturated carbocycles. The van der Waals surface area contributed by atoms with Crippen LogP contribution in [0.3, 0.4) is 0 Å². The number of aromatic nitrogens is 2. The fourth-order valence-corrected chi connectivity index (χ4v) is 5.21. The van der Waals surface area contributed by atoms with Crippen LogP contribution in [0.25, 0.3) is 0 Å². The van der Waals surface area contributed by atoms with Gasteiger partial charge in [-0.25, -0.2) is 0 Å². The SMILES string of the molecule is C[As](c1ccc(C2=NOC(C(N)=O)C2)cc1)c1ccnc(N)n1. The van der Waals surface area contributed by atoms with E-state index in [0.29, 0.717) is 12.4 Å². The second kappa shape index (κ2) is 6.38. The van der Waals surface area contributed by atoms with E-state index in [4.69, 9.17) is 16.3 Å². The van der Waals surface area contributed by atoms with Crippen molar-refractivity contribution in [3.8, 4) is 0 Å². The van der Waals surface area contributed by atoms with Crippen LogP contribution >= 0.6 is 0 Å². The molecule has 7 nitrogen and oxygen atoms in total. The molecule has 8 heteroatoms. The summed E-state index contributed by atoms with van der Waals surface area (Å²) in [7, 11) is 0. The Morgan fingerprint density at radius 2 is 2.04 bits per heavy atom. The number of nitrogens with two attached hydrogens (primary N) is 2. The first-order chi connectivity index (χ1) is 11.0. The monoisotopic (exact) mass is 373 g/mol. The van der Waals surface area contributed by atoms with Gasteiger partial charge in [0, 0.05) is 0 Å². The Bertz CT molecular complexity index is 763. The van der Waals surface area contributed by atoms with Crippen LogP contribution in [-0.4, -0.2) is 42.3 Å². The molecule has 0 aliphatic carbocycles. The molecule has 1 aromatic carbocycles. The molecule has 1 aromatic heterocycles. The molecule has 0 fully saturated rings. The van der Waals surface area contributed by atoms with Crippen molar-refractivity contribution in [1.82, 2.24) is 9.97 Å². The maximum atomic E-state index is 11.1. The van der Waals surface area contributed by atoms with Gasteiger partial charge in [0.2, 0.25) is 0 Å². The predicted octanol–water partition coefficient (Wildman–Crippen LogP) is -0.724. The van der Waals surface area contributed by atoms with Crippen molar-refractivity contribution in [2.45, 2.75) is 18.2 Å². The molecule has 1 amide bonds. The predicted molar refractivity (Wildman–Crippen MR) is 89.0 cm³/mol. The van der Waals surface area contributed by atoms with Crippen LogP contribution in [0.2, 0.25) is 5.71 Å². The van der Waals surface area contributed by atoms with Crippen LogP contribution in [-0.2, 0) is 9.63 Å². The van der Waals surface area contributed by atoms with Crippen molar-refractivity contribution in [3.63, 3.8) is 0 Å². The number of amides is 1. The Kier molecular flexibility index (Phi) is 4.30. The van der Waals surface area contributed by atoms with Crippen molar-refractivity contribution in [2.24, 2.45) is 10.9 Å². The van der Waals surface area contributed by atoms with E-state index >= 15 is 0 Å². The van der Waals surface area contributed by atoms with Crippen molar-refractivity contribution in [1.29, 1.82) is 0 Å². The maximum absolute atomic E-state index is 11.1. The molecule has 0 radical (unpaired) electrons. The van der Waals surface area contributed by atoms with E-state index in [-0.39, 0.29) is 0 Å². The second-order valence-corrected chi connectivity index (χ2v) is 9.51. The number of benzene rings is 1. The quantitative estimate of drug-likeness (QED) is 0.686. The standard InChI is InChI=1S/C15H16AsN5O2/c1-16(13-6-7-19-15(18)20-13)10-4-2-9(3-5-10)11-8-12(14(17)22)23-21-11/h2-7,12H,8H2,1H3,(H2,17,22)(H2,18,19,20). The first-order valence-electron chi connectivity index (χ1n) is 6.99. The first-order valence-corrected chi connectivity index (χ1v) is 10.7. The zero-order chi connectivity index (χ0) is 16.4. The molecule has 4 N–H and O–H groups in total. The van der Waals surface area contributed by atoms with Gasteiger partial charge in [0.05, 0.1) is 0 Å². The number of hydrogen-bond acceptors (Lipinski definition) is 6. The molecule has 0 bridgehead atoms. The molecule has 2 atom stereocenters. The topological polar surface area (TPSA) is 116 Å². The van der Waals surface area contributed by atoms with Gasteiger partial charge in [-0.15, -0.1) is 0 Å². The minimum atomic E-state index is -1.48. The van der Waals surface area contributed by atoms with E-state index < -0.39 is 26.7 Å². The third-order valence-corrected chi connectivity index (χ3v) is 7.79. The molecule has 2 heterocycles. The van der Waals surface area contributed by atoms with E-state index in [2.05, 4.69) is 33.0 Å². The number of rotatable bonds is 4. The first kappa shape index (κ1) is 15.5. The molecule has 3 rings (SSSR count). The van der Waals surface area contributed by atoms with Gasteiger partial charge < -0.3 is 0 Å². The Labute approximate surface area is 138 Å². The van der Waals surface area contributed by atoms with Gasteiger partial charge in [-0.2, -0.15) is 0 Å². The zero-order valence-electron chi connectivity index (χ0n) is 12.5. The summed E-state index contributed by atoms with van der Waals surface area (Å²) in [5.41, 5.74) is 14.7. The van der Waals surface area contributed by atoms with Crippen LogP contribution in [0, 0.1) is 0 Å². The zero-order valence-corrected chi connectivity index (χ0v) is 14.4. The Morgan fingerprint density at radius 3 is 2.65 bits per heavy atom. The normalized spacial score (nSPS) is 18.1. The van der Waals surface area contributed by atoms with Crippen molar-refractivity contribution < 1.29 is 9.63 Å². The van der Waals surface area contributed by atoms with E-state index in [1.807, 2.05) is 18.2 Å². The fraction of sp³-hybridized carbons (Fsp3) is 0.200. The summed E-state index contributed by atoms with van der Waals surface area (Å²) in [4.78, 5) is 24.4. The van der Waals surface area contributed by atoms with Crippen LogP contribution < -0.4 is 20.3 Å². The molecule has 1 aliphatic rings. The number of carbonyl (C=O) groups excluding carboxylic acids is 1. The van der Waals surface area contributed by atoms with Crippen LogP contribution in [0.15, 0.2) is 41.7 Å². The third-order valence-electron chi connectivity index (χ3n) is 3.58. The minimum absolute atomic E-state index is 0.301. The van der Waals surface area contributed by atoms with E-state index in [1.54, 1.807) is 6.20 Å². The molecule has 2 unspecified atom stereocenters. The van der Waals surface area contributed by atoms with E-state index in [1.165, 1.54) is 4.35 Å². The number of carbonyl (C=O) groups is 1. The van der Waals surface area contributed by atoms with Gasteiger partial charge in [0.15, 0.2) is 0 Å². The van der Waals surface area contributed by atoms with Gasteiger partial charge in [0.1, 0.15) is 0 Å². The number of hydrogen-bond donors (Lipinski definition) is 2. The molecule has 118 valence electrons. The third kappa shape index (κ3) is 3.34. The number of oxime groups is 1. The average Bonchev–Trinajstić information content (AvgIpc) is 3.04. The Balaban J connectivity index is 1.76. The molecule has 1 aliphatic heterocycles. The summed E-state index contributed by atoms with van der Waals surface area (Å²) in [6, 6.07) is 10.0. The molecule has 0 spiro atoms. The Hall–Kier alpha value is -2.40. The van der Waals surface area contributed by atoms with E-state index in [0.717, 1.165) is 15.8 Å². The van der Waals surface area contributed by atoms with Gasteiger partial charge >= 0.3 is 138 Å².